The Morgan fingerprint density at radius 3 is 2.69 bits per heavy atom. The molecule has 1 aromatic rings. The molecule has 1 aliphatic rings. The summed E-state index contributed by atoms with van der Waals surface area (Å²) in [4.78, 5) is 2.09. The van der Waals surface area contributed by atoms with E-state index < -0.39 is 0 Å². The highest BCUT2D eigenvalue weighted by Gasteiger charge is 2.21. The van der Waals surface area contributed by atoms with E-state index >= 15 is 0 Å². The summed E-state index contributed by atoms with van der Waals surface area (Å²) < 4.78 is 0. The molecule has 1 heterocycles. The van der Waals surface area contributed by atoms with E-state index in [0.717, 1.165) is 19.5 Å². The molecule has 1 N–H and O–H groups in total. The Labute approximate surface area is 79.3 Å². The maximum absolute atomic E-state index is 9.43. The monoisotopic (exact) mass is 175 g/mol. The Morgan fingerprint density at radius 2 is 2.00 bits per heavy atom. The summed E-state index contributed by atoms with van der Waals surface area (Å²) in [7, 11) is -0.326. The van der Waals surface area contributed by atoms with Crippen LogP contribution in [0.4, 0.5) is 0 Å². The van der Waals surface area contributed by atoms with Crippen molar-refractivity contribution in [3.05, 3.63) is 35.4 Å². The van der Waals surface area contributed by atoms with Crippen LogP contribution in [-0.2, 0) is 13.0 Å². The predicted molar refractivity (Wildman–Crippen MR) is 54.4 cm³/mol. The zero-order chi connectivity index (χ0) is 9.26. The van der Waals surface area contributed by atoms with Gasteiger partial charge in [0.2, 0.25) is 0 Å². The van der Waals surface area contributed by atoms with Gasteiger partial charge in [-0.05, 0) is 30.9 Å². The van der Waals surface area contributed by atoms with Gasteiger partial charge in [0.25, 0.3) is 0 Å². The zero-order valence-corrected chi connectivity index (χ0v) is 7.90. The molecule has 0 bridgehead atoms. The van der Waals surface area contributed by atoms with Crippen molar-refractivity contribution in [3.63, 3.8) is 0 Å². The molecular formula is C10H14BNO. The van der Waals surface area contributed by atoms with Crippen LogP contribution in [0.15, 0.2) is 24.3 Å². The summed E-state index contributed by atoms with van der Waals surface area (Å²) in [5.74, 6) is 0. The second-order valence-corrected chi connectivity index (χ2v) is 3.62. The summed E-state index contributed by atoms with van der Waals surface area (Å²) in [5.41, 5.74) is 2.79. The average molecular weight is 175 g/mol. The summed E-state index contributed by atoms with van der Waals surface area (Å²) >= 11 is 0. The van der Waals surface area contributed by atoms with Gasteiger partial charge in [-0.2, -0.15) is 0 Å². The highest BCUT2D eigenvalue weighted by Crippen LogP contribution is 2.18. The van der Waals surface area contributed by atoms with Crippen LogP contribution in [0.5, 0.6) is 0 Å². The summed E-state index contributed by atoms with van der Waals surface area (Å²) in [6.45, 7) is 3.68. The Balaban J connectivity index is 2.20. The quantitative estimate of drug-likeness (QED) is 0.647. The zero-order valence-electron chi connectivity index (χ0n) is 7.90. The fraction of sp³-hybridized carbons (Fsp3) is 0.400. The SMILES string of the molecule is CB(O)N1CCc2ccccc2C1. The van der Waals surface area contributed by atoms with Gasteiger partial charge in [-0.15, -0.1) is 0 Å². The average Bonchev–Trinajstić information content (AvgIpc) is 2.17. The van der Waals surface area contributed by atoms with E-state index in [-0.39, 0.29) is 7.05 Å². The lowest BCUT2D eigenvalue weighted by Gasteiger charge is -2.29. The minimum atomic E-state index is -0.326. The molecule has 1 aliphatic heterocycles. The number of hydrogen-bond donors (Lipinski definition) is 1. The number of benzene rings is 1. The number of nitrogens with zero attached hydrogens (tertiary/aromatic N) is 1. The van der Waals surface area contributed by atoms with E-state index in [9.17, 15) is 5.02 Å². The van der Waals surface area contributed by atoms with Gasteiger partial charge in [-0.25, -0.2) is 0 Å². The van der Waals surface area contributed by atoms with E-state index in [1.54, 1.807) is 0 Å². The molecule has 2 nitrogen and oxygen atoms in total. The van der Waals surface area contributed by atoms with Crippen LogP contribution in [-0.4, -0.2) is 23.4 Å². The second-order valence-electron chi connectivity index (χ2n) is 3.62. The van der Waals surface area contributed by atoms with Crippen LogP contribution in [0.2, 0.25) is 6.82 Å². The lowest BCUT2D eigenvalue weighted by atomic mass is 9.81. The third-order valence-electron chi connectivity index (χ3n) is 2.69. The van der Waals surface area contributed by atoms with Gasteiger partial charge < -0.3 is 9.83 Å². The summed E-state index contributed by atoms with van der Waals surface area (Å²) in [6.07, 6.45) is 1.06. The molecule has 68 valence electrons. The molecule has 0 saturated heterocycles. The molecule has 0 aliphatic carbocycles. The van der Waals surface area contributed by atoms with Gasteiger partial charge in [0.1, 0.15) is 0 Å². The van der Waals surface area contributed by atoms with Crippen LogP contribution in [0.1, 0.15) is 11.1 Å². The van der Waals surface area contributed by atoms with Gasteiger partial charge in [-0.3, -0.25) is 0 Å². The van der Waals surface area contributed by atoms with Gasteiger partial charge in [0.05, 0.1) is 0 Å². The van der Waals surface area contributed by atoms with Crippen molar-refractivity contribution in [2.24, 2.45) is 0 Å². The molecule has 0 amide bonds. The van der Waals surface area contributed by atoms with E-state index in [1.807, 2.05) is 6.82 Å². The highest BCUT2D eigenvalue weighted by atomic mass is 16.2. The third-order valence-corrected chi connectivity index (χ3v) is 2.69. The van der Waals surface area contributed by atoms with E-state index in [4.69, 9.17) is 0 Å². The second kappa shape index (κ2) is 3.52. The lowest BCUT2D eigenvalue weighted by Crippen LogP contribution is -2.40. The molecule has 0 aromatic heterocycles. The van der Waals surface area contributed by atoms with Crippen molar-refractivity contribution in [1.82, 2.24) is 4.81 Å². The van der Waals surface area contributed by atoms with Crippen molar-refractivity contribution in [1.29, 1.82) is 0 Å². The van der Waals surface area contributed by atoms with E-state index in [0.29, 0.717) is 0 Å². The maximum atomic E-state index is 9.43. The summed E-state index contributed by atoms with van der Waals surface area (Å²) in [5, 5.41) is 9.43. The first-order chi connectivity index (χ1) is 6.27. The van der Waals surface area contributed by atoms with Crippen LogP contribution >= 0.6 is 0 Å². The van der Waals surface area contributed by atoms with Crippen molar-refractivity contribution in [3.8, 4) is 0 Å². The number of fused-ring (bicyclic) bond motifs is 1. The first-order valence-electron chi connectivity index (χ1n) is 4.76. The van der Waals surface area contributed by atoms with E-state index in [1.165, 1.54) is 11.1 Å². The Kier molecular flexibility index (Phi) is 2.38. The van der Waals surface area contributed by atoms with Crippen molar-refractivity contribution < 1.29 is 5.02 Å². The van der Waals surface area contributed by atoms with Crippen molar-refractivity contribution in [2.45, 2.75) is 19.8 Å². The molecule has 0 spiro atoms. The molecule has 13 heavy (non-hydrogen) atoms. The Bertz CT molecular complexity index is 301. The Hall–Kier alpha value is -0.795. The minimum absolute atomic E-state index is 0.326. The smallest absolute Gasteiger partial charge is 0.376 e. The van der Waals surface area contributed by atoms with Crippen molar-refractivity contribution >= 4 is 7.05 Å². The van der Waals surface area contributed by atoms with Gasteiger partial charge in [-0.1, -0.05) is 24.3 Å². The lowest BCUT2D eigenvalue weighted by molar-refractivity contribution is 0.347. The molecule has 2 rings (SSSR count). The van der Waals surface area contributed by atoms with Crippen LogP contribution in [0, 0.1) is 0 Å². The fourth-order valence-corrected chi connectivity index (χ4v) is 1.84. The number of rotatable bonds is 1. The van der Waals surface area contributed by atoms with E-state index in [2.05, 4.69) is 29.1 Å². The minimum Gasteiger partial charge on any atom is -0.437 e. The fourth-order valence-electron chi connectivity index (χ4n) is 1.84. The number of hydrogen-bond acceptors (Lipinski definition) is 2. The third kappa shape index (κ3) is 1.76. The normalized spacial score (nSPS) is 16.8. The van der Waals surface area contributed by atoms with Gasteiger partial charge >= 0.3 is 7.05 Å². The predicted octanol–water partition coefficient (Wildman–Crippen LogP) is 1.16. The van der Waals surface area contributed by atoms with Crippen molar-refractivity contribution in [2.75, 3.05) is 6.54 Å². The molecular weight excluding hydrogens is 161 g/mol. The first-order valence-corrected chi connectivity index (χ1v) is 4.76. The largest absolute Gasteiger partial charge is 0.437 e. The topological polar surface area (TPSA) is 23.5 Å². The van der Waals surface area contributed by atoms with Crippen LogP contribution in [0.3, 0.4) is 0 Å². The first kappa shape index (κ1) is 8.79. The van der Waals surface area contributed by atoms with Gasteiger partial charge in [0, 0.05) is 6.54 Å². The van der Waals surface area contributed by atoms with Gasteiger partial charge in [0.15, 0.2) is 0 Å². The molecule has 1 aromatic carbocycles. The standard InChI is InChI=1S/C10H14BNO/c1-11(13)12-7-6-9-4-2-3-5-10(9)8-12/h2-5,13H,6-8H2,1H3. The molecule has 0 atom stereocenters. The molecule has 0 saturated carbocycles. The molecule has 0 radical (unpaired) electrons. The molecule has 0 unspecified atom stereocenters. The molecule has 3 heteroatoms. The molecule has 0 fully saturated rings. The highest BCUT2D eigenvalue weighted by molar-refractivity contribution is 6.45. The Morgan fingerprint density at radius 1 is 1.31 bits per heavy atom. The van der Waals surface area contributed by atoms with Crippen LogP contribution < -0.4 is 0 Å². The summed E-state index contributed by atoms with van der Waals surface area (Å²) in [6, 6.07) is 8.46. The van der Waals surface area contributed by atoms with Crippen LogP contribution in [0.25, 0.3) is 0 Å². The maximum Gasteiger partial charge on any atom is 0.376 e.